The maximum absolute atomic E-state index is 10.8. The largest absolute Gasteiger partial charge is 0.496 e. The lowest BCUT2D eigenvalue weighted by Gasteiger charge is -2.14. The molecular weight excluding hydrogens is 342 g/mol. The van der Waals surface area contributed by atoms with Crippen LogP contribution in [0.25, 0.3) is 0 Å². The second-order valence-corrected chi connectivity index (χ2v) is 5.49. The Morgan fingerprint density at radius 3 is 2.56 bits per heavy atom. The Balaban J connectivity index is 1.93. The average molecular weight is 361 g/mol. The molecule has 7 nitrogen and oxygen atoms in total. The molecule has 0 aliphatic carbocycles. The summed E-state index contributed by atoms with van der Waals surface area (Å²) in [5, 5.41) is 17.3. The highest BCUT2D eigenvalue weighted by molar-refractivity contribution is 7.80. The third-order valence-corrected chi connectivity index (χ3v) is 3.76. The number of para-hydroxylation sites is 1. The standard InChI is InChI=1S/C17H19N3O4S/c1-23-15-6-4-3-5-12(15)9-10-18-17(25)19-14-8-7-13(20(21)22)11-16(14)24-2/h3-8,11H,9-10H2,1-2H3,(H2,18,19,25). The molecule has 0 saturated carbocycles. The van der Waals surface area contributed by atoms with Crippen molar-refractivity contribution in [1.29, 1.82) is 0 Å². The molecule has 8 heteroatoms. The van der Waals surface area contributed by atoms with Crippen LogP contribution >= 0.6 is 12.2 Å². The van der Waals surface area contributed by atoms with Gasteiger partial charge in [-0.3, -0.25) is 10.1 Å². The molecule has 2 rings (SSSR count). The van der Waals surface area contributed by atoms with E-state index >= 15 is 0 Å². The van der Waals surface area contributed by atoms with E-state index in [9.17, 15) is 10.1 Å². The molecule has 2 aromatic carbocycles. The second-order valence-electron chi connectivity index (χ2n) is 5.08. The summed E-state index contributed by atoms with van der Waals surface area (Å²) in [6.07, 6.45) is 0.739. The molecule has 0 bridgehead atoms. The minimum Gasteiger partial charge on any atom is -0.496 e. The van der Waals surface area contributed by atoms with Gasteiger partial charge in [-0.15, -0.1) is 0 Å². The Morgan fingerprint density at radius 1 is 1.16 bits per heavy atom. The summed E-state index contributed by atoms with van der Waals surface area (Å²) in [5.74, 6) is 1.18. The number of methoxy groups -OCH3 is 2. The number of nitrogens with zero attached hydrogens (tertiary/aromatic N) is 1. The van der Waals surface area contributed by atoms with Crippen LogP contribution in [0.3, 0.4) is 0 Å². The smallest absolute Gasteiger partial charge is 0.273 e. The lowest BCUT2D eigenvalue weighted by Crippen LogP contribution is -2.30. The maximum Gasteiger partial charge on any atom is 0.273 e. The zero-order valence-electron chi connectivity index (χ0n) is 13.9. The van der Waals surface area contributed by atoms with Crippen LogP contribution < -0.4 is 20.1 Å². The van der Waals surface area contributed by atoms with E-state index in [0.717, 1.165) is 17.7 Å². The molecule has 0 heterocycles. The number of nitrogens with one attached hydrogen (secondary N) is 2. The molecule has 0 radical (unpaired) electrons. The van der Waals surface area contributed by atoms with Gasteiger partial charge in [-0.1, -0.05) is 18.2 Å². The molecule has 2 N–H and O–H groups in total. The van der Waals surface area contributed by atoms with Crippen molar-refractivity contribution < 1.29 is 14.4 Å². The van der Waals surface area contributed by atoms with E-state index in [0.29, 0.717) is 23.1 Å². The highest BCUT2D eigenvalue weighted by atomic mass is 32.1. The molecule has 0 aliphatic heterocycles. The molecule has 0 amide bonds. The van der Waals surface area contributed by atoms with Gasteiger partial charge in [0.05, 0.1) is 30.9 Å². The van der Waals surface area contributed by atoms with Crippen molar-refractivity contribution in [2.75, 3.05) is 26.1 Å². The van der Waals surface area contributed by atoms with E-state index < -0.39 is 4.92 Å². The van der Waals surface area contributed by atoms with Crippen molar-refractivity contribution in [1.82, 2.24) is 5.32 Å². The molecule has 0 aromatic heterocycles. The highest BCUT2D eigenvalue weighted by Crippen LogP contribution is 2.28. The molecule has 0 unspecified atom stereocenters. The number of ether oxygens (including phenoxy) is 2. The van der Waals surface area contributed by atoms with Gasteiger partial charge in [0, 0.05) is 12.6 Å². The van der Waals surface area contributed by atoms with Crippen molar-refractivity contribution in [3.63, 3.8) is 0 Å². The number of benzene rings is 2. The van der Waals surface area contributed by atoms with E-state index in [2.05, 4.69) is 10.6 Å². The highest BCUT2D eigenvalue weighted by Gasteiger charge is 2.12. The first-order chi connectivity index (χ1) is 12.0. The van der Waals surface area contributed by atoms with Crippen molar-refractivity contribution in [2.45, 2.75) is 6.42 Å². The zero-order valence-corrected chi connectivity index (χ0v) is 14.8. The number of hydrogen-bond acceptors (Lipinski definition) is 5. The quantitative estimate of drug-likeness (QED) is 0.445. The van der Waals surface area contributed by atoms with Gasteiger partial charge in [-0.2, -0.15) is 0 Å². The first kappa shape index (κ1) is 18.5. The van der Waals surface area contributed by atoms with Gasteiger partial charge >= 0.3 is 0 Å². The number of nitro benzene ring substituents is 1. The van der Waals surface area contributed by atoms with Crippen LogP contribution in [0.4, 0.5) is 11.4 Å². The molecule has 0 spiro atoms. The Labute approximate surface area is 151 Å². The predicted molar refractivity (Wildman–Crippen MR) is 101 cm³/mol. The molecule has 2 aromatic rings. The fourth-order valence-electron chi connectivity index (χ4n) is 2.28. The maximum atomic E-state index is 10.8. The molecule has 25 heavy (non-hydrogen) atoms. The minimum absolute atomic E-state index is 0.0440. The molecular formula is C17H19N3O4S. The number of non-ortho nitro benzene ring substituents is 1. The normalized spacial score (nSPS) is 10.0. The topological polar surface area (TPSA) is 85.7 Å². The second kappa shape index (κ2) is 8.84. The number of nitro groups is 1. The Morgan fingerprint density at radius 2 is 1.88 bits per heavy atom. The van der Waals surface area contributed by atoms with E-state index in [1.165, 1.54) is 19.2 Å². The van der Waals surface area contributed by atoms with Crippen molar-refractivity contribution in [3.8, 4) is 11.5 Å². The Hall–Kier alpha value is -2.87. The molecule has 0 aliphatic rings. The number of anilines is 1. The van der Waals surface area contributed by atoms with Gasteiger partial charge in [0.25, 0.3) is 5.69 Å². The van der Waals surface area contributed by atoms with E-state index in [-0.39, 0.29) is 5.69 Å². The van der Waals surface area contributed by atoms with Crippen LogP contribution in [0, 0.1) is 10.1 Å². The summed E-state index contributed by atoms with van der Waals surface area (Å²) in [4.78, 5) is 10.3. The van der Waals surface area contributed by atoms with Crippen LogP contribution in [0.15, 0.2) is 42.5 Å². The SMILES string of the molecule is COc1ccccc1CCNC(=S)Nc1ccc([N+](=O)[O-])cc1OC. The number of thiocarbonyl (C=S) groups is 1. The van der Waals surface area contributed by atoms with Crippen LogP contribution in [0.2, 0.25) is 0 Å². The van der Waals surface area contributed by atoms with E-state index in [1.54, 1.807) is 13.2 Å². The fraction of sp³-hybridized carbons (Fsp3) is 0.235. The molecule has 132 valence electrons. The first-order valence-electron chi connectivity index (χ1n) is 7.54. The molecule has 0 saturated heterocycles. The van der Waals surface area contributed by atoms with Crippen molar-refractivity contribution in [2.24, 2.45) is 0 Å². The van der Waals surface area contributed by atoms with Crippen molar-refractivity contribution in [3.05, 3.63) is 58.1 Å². The van der Waals surface area contributed by atoms with Gasteiger partial charge in [0.1, 0.15) is 11.5 Å². The molecule has 0 fully saturated rings. The number of rotatable bonds is 7. The Kier molecular flexibility index (Phi) is 6.53. The lowest BCUT2D eigenvalue weighted by molar-refractivity contribution is -0.384. The van der Waals surface area contributed by atoms with Gasteiger partial charge in [0.15, 0.2) is 5.11 Å². The third-order valence-electron chi connectivity index (χ3n) is 3.52. The summed E-state index contributed by atoms with van der Waals surface area (Å²) in [7, 11) is 3.09. The minimum atomic E-state index is -0.476. The summed E-state index contributed by atoms with van der Waals surface area (Å²) in [6, 6.07) is 12.1. The zero-order chi connectivity index (χ0) is 18.2. The van der Waals surface area contributed by atoms with Crippen LogP contribution in [0.1, 0.15) is 5.56 Å². The Bertz CT molecular complexity index is 767. The average Bonchev–Trinajstić information content (AvgIpc) is 2.62. The predicted octanol–water partition coefficient (Wildman–Crippen LogP) is 3.14. The fourth-order valence-corrected chi connectivity index (χ4v) is 2.50. The van der Waals surface area contributed by atoms with E-state index in [1.807, 2.05) is 24.3 Å². The summed E-state index contributed by atoms with van der Waals surface area (Å²) < 4.78 is 10.5. The van der Waals surface area contributed by atoms with Gasteiger partial charge in [-0.25, -0.2) is 0 Å². The summed E-state index contributed by atoms with van der Waals surface area (Å²) in [5.41, 5.74) is 1.59. The van der Waals surface area contributed by atoms with Crippen LogP contribution in [-0.2, 0) is 6.42 Å². The van der Waals surface area contributed by atoms with Crippen LogP contribution in [-0.4, -0.2) is 30.8 Å². The van der Waals surface area contributed by atoms with Crippen molar-refractivity contribution >= 4 is 28.7 Å². The van der Waals surface area contributed by atoms with E-state index in [4.69, 9.17) is 21.7 Å². The summed E-state index contributed by atoms with van der Waals surface area (Å²) in [6.45, 7) is 0.613. The van der Waals surface area contributed by atoms with Crippen LogP contribution in [0.5, 0.6) is 11.5 Å². The lowest BCUT2D eigenvalue weighted by atomic mass is 10.1. The van der Waals surface area contributed by atoms with Gasteiger partial charge < -0.3 is 20.1 Å². The van der Waals surface area contributed by atoms with Gasteiger partial charge in [-0.05, 0) is 36.3 Å². The summed E-state index contributed by atoms with van der Waals surface area (Å²) >= 11 is 5.26. The third kappa shape index (κ3) is 5.05. The van der Waals surface area contributed by atoms with Gasteiger partial charge in [0.2, 0.25) is 0 Å². The molecule has 0 atom stereocenters. The number of hydrogen-bond donors (Lipinski definition) is 2. The first-order valence-corrected chi connectivity index (χ1v) is 7.95. The monoisotopic (exact) mass is 361 g/mol.